The third-order valence-corrected chi connectivity index (χ3v) is 4.59. The molecule has 1 heterocycles. The summed E-state index contributed by atoms with van der Waals surface area (Å²) in [5.41, 5.74) is 0.749. The molecule has 1 fully saturated rings. The molecule has 0 aromatic heterocycles. The monoisotopic (exact) mass is 311 g/mol. The van der Waals surface area contributed by atoms with Crippen LogP contribution >= 0.6 is 11.6 Å². The van der Waals surface area contributed by atoms with Gasteiger partial charge in [-0.2, -0.15) is 0 Å². The lowest BCUT2D eigenvalue weighted by atomic mass is 9.85. The lowest BCUT2D eigenvalue weighted by Crippen LogP contribution is -2.43. The van der Waals surface area contributed by atoms with Crippen molar-refractivity contribution in [2.45, 2.75) is 51.2 Å². The average molecular weight is 312 g/mol. The van der Waals surface area contributed by atoms with E-state index in [9.17, 15) is 9.90 Å². The van der Waals surface area contributed by atoms with Crippen molar-refractivity contribution in [1.29, 1.82) is 0 Å². The van der Waals surface area contributed by atoms with Crippen LogP contribution < -0.4 is 5.32 Å². The minimum Gasteiger partial charge on any atom is -0.478 e. The number of anilines is 1. The Balaban J connectivity index is 2.16. The molecule has 0 saturated carbocycles. The number of carboxylic acids is 1. The molecular weight excluding hydrogens is 290 g/mol. The number of ether oxygens (including phenoxy) is 1. The van der Waals surface area contributed by atoms with Crippen LogP contribution in [0.1, 0.15) is 49.9 Å². The highest BCUT2D eigenvalue weighted by atomic mass is 35.5. The van der Waals surface area contributed by atoms with Crippen molar-refractivity contribution in [2.75, 3.05) is 11.9 Å². The average Bonchev–Trinajstić information content (AvgIpc) is 2.49. The van der Waals surface area contributed by atoms with Crippen molar-refractivity contribution in [3.63, 3.8) is 0 Å². The first-order valence-electron chi connectivity index (χ1n) is 7.43. The van der Waals surface area contributed by atoms with E-state index in [1.807, 2.05) is 0 Å². The van der Waals surface area contributed by atoms with Gasteiger partial charge < -0.3 is 15.2 Å². The summed E-state index contributed by atoms with van der Waals surface area (Å²) in [5, 5.41) is 13.1. The highest BCUT2D eigenvalue weighted by Crippen LogP contribution is 2.33. The van der Waals surface area contributed by atoms with E-state index in [0.29, 0.717) is 17.3 Å². The van der Waals surface area contributed by atoms with Crippen LogP contribution in [0, 0.1) is 0 Å². The number of carbonyl (C=O) groups is 1. The van der Waals surface area contributed by atoms with Crippen LogP contribution in [0.4, 0.5) is 5.69 Å². The standard InChI is InChI=1S/C16H22ClNO3/c1-3-16(4-2)10-12(7-8-21-16)18-14-6-5-11(17)9-13(14)15(19)20/h5-6,9,12,18H,3-4,7-8,10H2,1-2H3,(H,19,20). The zero-order valence-electron chi connectivity index (χ0n) is 12.5. The summed E-state index contributed by atoms with van der Waals surface area (Å²) in [6, 6.07) is 5.15. The lowest BCUT2D eigenvalue weighted by Gasteiger charge is -2.40. The van der Waals surface area contributed by atoms with E-state index in [-0.39, 0.29) is 17.2 Å². The Morgan fingerprint density at radius 3 is 2.81 bits per heavy atom. The van der Waals surface area contributed by atoms with Gasteiger partial charge in [-0.1, -0.05) is 25.4 Å². The minimum atomic E-state index is -0.968. The van der Waals surface area contributed by atoms with Crippen molar-refractivity contribution in [3.8, 4) is 0 Å². The number of hydrogen-bond acceptors (Lipinski definition) is 3. The largest absolute Gasteiger partial charge is 0.478 e. The zero-order chi connectivity index (χ0) is 15.5. The SMILES string of the molecule is CCC1(CC)CC(Nc2ccc(Cl)cc2C(=O)O)CCO1. The Morgan fingerprint density at radius 2 is 2.19 bits per heavy atom. The third-order valence-electron chi connectivity index (χ3n) is 4.35. The Kier molecular flexibility index (Phi) is 5.12. The Hall–Kier alpha value is -1.26. The lowest BCUT2D eigenvalue weighted by molar-refractivity contribution is -0.0864. The van der Waals surface area contributed by atoms with Gasteiger partial charge in [-0.25, -0.2) is 4.79 Å². The molecule has 1 aliphatic rings. The van der Waals surface area contributed by atoms with Gasteiger partial charge in [-0.05, 0) is 43.9 Å². The van der Waals surface area contributed by atoms with Gasteiger partial charge >= 0.3 is 5.97 Å². The minimum absolute atomic E-state index is 0.0915. The van der Waals surface area contributed by atoms with E-state index < -0.39 is 5.97 Å². The van der Waals surface area contributed by atoms with Gasteiger partial charge in [0.15, 0.2) is 0 Å². The number of benzene rings is 1. The topological polar surface area (TPSA) is 58.6 Å². The number of hydrogen-bond donors (Lipinski definition) is 2. The second-order valence-corrected chi connectivity index (χ2v) is 6.00. The van der Waals surface area contributed by atoms with Gasteiger partial charge in [0.05, 0.1) is 11.2 Å². The Labute approximate surface area is 130 Å². The van der Waals surface area contributed by atoms with Crippen molar-refractivity contribution in [3.05, 3.63) is 28.8 Å². The van der Waals surface area contributed by atoms with Gasteiger partial charge in [0.1, 0.15) is 0 Å². The molecule has 1 unspecified atom stereocenters. The summed E-state index contributed by atoms with van der Waals surface area (Å²) in [4.78, 5) is 11.3. The Morgan fingerprint density at radius 1 is 1.48 bits per heavy atom. The molecule has 1 aliphatic heterocycles. The molecule has 0 aliphatic carbocycles. The number of nitrogens with one attached hydrogen (secondary N) is 1. The maximum atomic E-state index is 11.3. The smallest absolute Gasteiger partial charge is 0.337 e. The van der Waals surface area contributed by atoms with E-state index in [4.69, 9.17) is 16.3 Å². The number of aromatic carboxylic acids is 1. The predicted molar refractivity (Wildman–Crippen MR) is 84.3 cm³/mol. The van der Waals surface area contributed by atoms with Crippen molar-refractivity contribution >= 4 is 23.3 Å². The number of halogens is 1. The van der Waals surface area contributed by atoms with Crippen LogP contribution in [0.5, 0.6) is 0 Å². The fraction of sp³-hybridized carbons (Fsp3) is 0.562. The van der Waals surface area contributed by atoms with Gasteiger partial charge in [0.2, 0.25) is 0 Å². The molecule has 116 valence electrons. The second kappa shape index (κ2) is 6.67. The predicted octanol–water partition coefficient (Wildman–Crippen LogP) is 4.19. The van der Waals surface area contributed by atoms with Crippen LogP contribution in [-0.2, 0) is 4.74 Å². The van der Waals surface area contributed by atoms with Crippen molar-refractivity contribution in [2.24, 2.45) is 0 Å². The number of rotatable bonds is 5. The summed E-state index contributed by atoms with van der Waals surface area (Å²) < 4.78 is 5.95. The van der Waals surface area contributed by atoms with E-state index in [2.05, 4.69) is 19.2 Å². The molecule has 21 heavy (non-hydrogen) atoms. The quantitative estimate of drug-likeness (QED) is 0.856. The number of carboxylic acid groups (broad SMARTS) is 1. The second-order valence-electron chi connectivity index (χ2n) is 5.57. The molecule has 0 radical (unpaired) electrons. The molecule has 4 nitrogen and oxygen atoms in total. The first-order valence-corrected chi connectivity index (χ1v) is 7.81. The molecule has 0 amide bonds. The van der Waals surface area contributed by atoms with Crippen molar-refractivity contribution in [1.82, 2.24) is 0 Å². The Bertz CT molecular complexity index is 514. The van der Waals surface area contributed by atoms with E-state index in [0.717, 1.165) is 25.7 Å². The van der Waals surface area contributed by atoms with Crippen LogP contribution in [0.2, 0.25) is 5.02 Å². The molecular formula is C16H22ClNO3. The maximum Gasteiger partial charge on any atom is 0.337 e. The molecule has 2 N–H and O–H groups in total. The summed E-state index contributed by atoms with van der Waals surface area (Å²) in [6.45, 7) is 4.98. The molecule has 1 aromatic carbocycles. The highest BCUT2D eigenvalue weighted by Gasteiger charge is 2.34. The summed E-state index contributed by atoms with van der Waals surface area (Å²) in [7, 11) is 0. The van der Waals surface area contributed by atoms with Crippen LogP contribution in [0.3, 0.4) is 0 Å². The van der Waals surface area contributed by atoms with Crippen LogP contribution in [0.25, 0.3) is 0 Å². The maximum absolute atomic E-state index is 11.3. The van der Waals surface area contributed by atoms with Crippen LogP contribution in [-0.4, -0.2) is 29.3 Å². The van der Waals surface area contributed by atoms with E-state index >= 15 is 0 Å². The first kappa shape index (κ1) is 16.1. The molecule has 0 spiro atoms. The van der Waals surface area contributed by atoms with E-state index in [1.54, 1.807) is 12.1 Å². The van der Waals surface area contributed by atoms with E-state index in [1.165, 1.54) is 6.07 Å². The van der Waals surface area contributed by atoms with Crippen molar-refractivity contribution < 1.29 is 14.6 Å². The highest BCUT2D eigenvalue weighted by molar-refractivity contribution is 6.31. The molecule has 1 saturated heterocycles. The molecule has 5 heteroatoms. The van der Waals surface area contributed by atoms with Crippen LogP contribution in [0.15, 0.2) is 18.2 Å². The summed E-state index contributed by atoms with van der Waals surface area (Å²) >= 11 is 5.88. The summed E-state index contributed by atoms with van der Waals surface area (Å²) in [6.07, 6.45) is 3.70. The van der Waals surface area contributed by atoms with Gasteiger partial charge in [0.25, 0.3) is 0 Å². The molecule has 0 bridgehead atoms. The van der Waals surface area contributed by atoms with Gasteiger partial charge in [0, 0.05) is 23.4 Å². The molecule has 2 rings (SSSR count). The fourth-order valence-corrected chi connectivity index (χ4v) is 3.11. The first-order chi connectivity index (χ1) is 9.99. The third kappa shape index (κ3) is 3.69. The molecule has 1 aromatic rings. The zero-order valence-corrected chi connectivity index (χ0v) is 13.2. The molecule has 1 atom stereocenters. The van der Waals surface area contributed by atoms with Gasteiger partial charge in [-0.3, -0.25) is 0 Å². The van der Waals surface area contributed by atoms with Gasteiger partial charge in [-0.15, -0.1) is 0 Å². The fourth-order valence-electron chi connectivity index (χ4n) is 2.93. The normalized spacial score (nSPS) is 21.0. The summed E-state index contributed by atoms with van der Waals surface area (Å²) in [5.74, 6) is -0.968.